The number of hydrogen-bond donors (Lipinski definition) is 0. The van der Waals surface area contributed by atoms with Gasteiger partial charge in [0.05, 0.1) is 0 Å². The molecule has 0 radical (unpaired) electrons. The molecule has 1 aliphatic rings. The molecule has 1 aromatic carbocycles. The molecule has 0 unspecified atom stereocenters. The molecular weight excluding hydrogens is 329 g/mol. The molecule has 1 aromatic rings. The van der Waals surface area contributed by atoms with Crippen LogP contribution in [0.25, 0.3) is 0 Å². The number of nitrogens with zero attached hydrogens (tertiary/aromatic N) is 1. The number of benzene rings is 1. The number of halogens is 1. The lowest BCUT2D eigenvalue weighted by atomic mass is 10.1. The van der Waals surface area contributed by atoms with E-state index in [4.69, 9.17) is 4.74 Å². The third kappa shape index (κ3) is 3.87. The normalized spacial score (nSPS) is 15.7. The molecule has 1 saturated heterocycles. The van der Waals surface area contributed by atoms with E-state index in [-0.39, 0.29) is 12.5 Å². The zero-order chi connectivity index (χ0) is 12.1. The van der Waals surface area contributed by atoms with Crippen molar-refractivity contribution in [3.63, 3.8) is 0 Å². The van der Waals surface area contributed by atoms with Gasteiger partial charge in [0, 0.05) is 16.7 Å². The van der Waals surface area contributed by atoms with Crippen molar-refractivity contribution in [2.75, 3.05) is 19.7 Å². The number of hydrogen-bond acceptors (Lipinski definition) is 2. The Balaban J connectivity index is 1.83. The van der Waals surface area contributed by atoms with Crippen molar-refractivity contribution < 1.29 is 9.53 Å². The van der Waals surface area contributed by atoms with Crippen LogP contribution in [0.3, 0.4) is 0 Å². The fourth-order valence-electron chi connectivity index (χ4n) is 1.94. The first kappa shape index (κ1) is 12.7. The SMILES string of the molecule is O=C(COc1cccc(I)c1)N1CCCCC1. The third-order valence-corrected chi connectivity index (χ3v) is 3.54. The topological polar surface area (TPSA) is 29.5 Å². The van der Waals surface area contributed by atoms with E-state index in [1.54, 1.807) is 0 Å². The quantitative estimate of drug-likeness (QED) is 0.789. The van der Waals surface area contributed by atoms with Gasteiger partial charge in [0.1, 0.15) is 5.75 Å². The van der Waals surface area contributed by atoms with E-state index in [1.807, 2.05) is 29.2 Å². The molecule has 0 spiro atoms. The van der Waals surface area contributed by atoms with Crippen LogP contribution in [0.4, 0.5) is 0 Å². The number of piperidine rings is 1. The highest BCUT2D eigenvalue weighted by molar-refractivity contribution is 14.1. The Bertz CT molecular complexity index is 389. The first-order valence-corrected chi connectivity index (χ1v) is 7.00. The summed E-state index contributed by atoms with van der Waals surface area (Å²) in [5, 5.41) is 0. The predicted molar refractivity (Wildman–Crippen MR) is 75.1 cm³/mol. The minimum atomic E-state index is 0.101. The van der Waals surface area contributed by atoms with Gasteiger partial charge in [0.25, 0.3) is 5.91 Å². The highest BCUT2D eigenvalue weighted by Crippen LogP contribution is 2.15. The summed E-state index contributed by atoms with van der Waals surface area (Å²) in [7, 11) is 0. The fourth-order valence-corrected chi connectivity index (χ4v) is 2.45. The first-order valence-electron chi connectivity index (χ1n) is 5.92. The molecular formula is C13H16INO2. The van der Waals surface area contributed by atoms with Crippen molar-refractivity contribution in [1.82, 2.24) is 4.90 Å². The maximum Gasteiger partial charge on any atom is 0.260 e. The molecule has 4 heteroatoms. The van der Waals surface area contributed by atoms with E-state index >= 15 is 0 Å². The second-order valence-electron chi connectivity index (χ2n) is 4.19. The summed E-state index contributed by atoms with van der Waals surface area (Å²) in [5.74, 6) is 0.867. The van der Waals surface area contributed by atoms with Gasteiger partial charge in [0.15, 0.2) is 6.61 Å². The van der Waals surface area contributed by atoms with Gasteiger partial charge in [0.2, 0.25) is 0 Å². The van der Waals surface area contributed by atoms with Crippen LogP contribution in [0.5, 0.6) is 5.75 Å². The number of rotatable bonds is 3. The Morgan fingerprint density at radius 2 is 2.06 bits per heavy atom. The van der Waals surface area contributed by atoms with Gasteiger partial charge in [-0.05, 0) is 60.1 Å². The Labute approximate surface area is 115 Å². The van der Waals surface area contributed by atoms with E-state index in [1.165, 1.54) is 6.42 Å². The van der Waals surface area contributed by atoms with Crippen molar-refractivity contribution in [3.05, 3.63) is 27.8 Å². The van der Waals surface area contributed by atoms with Crippen molar-refractivity contribution in [1.29, 1.82) is 0 Å². The van der Waals surface area contributed by atoms with E-state index in [2.05, 4.69) is 22.6 Å². The lowest BCUT2D eigenvalue weighted by Gasteiger charge is -2.26. The van der Waals surface area contributed by atoms with Gasteiger partial charge in [-0.3, -0.25) is 4.79 Å². The van der Waals surface area contributed by atoms with Crippen LogP contribution in [0, 0.1) is 3.57 Å². The zero-order valence-electron chi connectivity index (χ0n) is 9.69. The van der Waals surface area contributed by atoms with Gasteiger partial charge in [-0.1, -0.05) is 6.07 Å². The lowest BCUT2D eigenvalue weighted by Crippen LogP contribution is -2.38. The fraction of sp³-hybridized carbons (Fsp3) is 0.462. The van der Waals surface area contributed by atoms with Gasteiger partial charge in [-0.25, -0.2) is 0 Å². The minimum absolute atomic E-state index is 0.101. The van der Waals surface area contributed by atoms with Crippen molar-refractivity contribution in [2.24, 2.45) is 0 Å². The molecule has 0 atom stereocenters. The highest BCUT2D eigenvalue weighted by atomic mass is 127. The molecule has 2 rings (SSSR count). The monoisotopic (exact) mass is 345 g/mol. The summed E-state index contributed by atoms with van der Waals surface area (Å²) in [6.07, 6.45) is 3.48. The lowest BCUT2D eigenvalue weighted by molar-refractivity contribution is -0.134. The Morgan fingerprint density at radius 3 is 2.76 bits per heavy atom. The van der Waals surface area contributed by atoms with Gasteiger partial charge >= 0.3 is 0 Å². The average molecular weight is 345 g/mol. The van der Waals surface area contributed by atoms with E-state index in [9.17, 15) is 4.79 Å². The third-order valence-electron chi connectivity index (χ3n) is 2.87. The Kier molecular flexibility index (Phi) is 4.65. The maximum absolute atomic E-state index is 11.9. The number of amides is 1. The molecule has 3 nitrogen and oxygen atoms in total. The number of likely N-dealkylation sites (tertiary alicyclic amines) is 1. The predicted octanol–water partition coefficient (Wildman–Crippen LogP) is 2.68. The van der Waals surface area contributed by atoms with E-state index in [0.717, 1.165) is 35.3 Å². The van der Waals surface area contributed by atoms with E-state index in [0.29, 0.717) is 0 Å². The molecule has 1 amide bonds. The second kappa shape index (κ2) is 6.23. The van der Waals surface area contributed by atoms with Crippen LogP contribution < -0.4 is 4.74 Å². The molecule has 17 heavy (non-hydrogen) atoms. The Hall–Kier alpha value is -0.780. The standard InChI is InChI=1S/C13H16INO2/c14-11-5-4-6-12(9-11)17-10-13(16)15-7-2-1-3-8-15/h4-6,9H,1-3,7-8,10H2. The van der Waals surface area contributed by atoms with Crippen LogP contribution in [0.2, 0.25) is 0 Å². The van der Waals surface area contributed by atoms with Crippen LogP contribution in [-0.4, -0.2) is 30.5 Å². The number of carbonyl (C=O) groups excluding carboxylic acids is 1. The number of ether oxygens (including phenoxy) is 1. The Morgan fingerprint density at radius 1 is 1.29 bits per heavy atom. The molecule has 0 aliphatic carbocycles. The smallest absolute Gasteiger partial charge is 0.260 e. The van der Waals surface area contributed by atoms with Crippen LogP contribution >= 0.6 is 22.6 Å². The van der Waals surface area contributed by atoms with Gasteiger partial charge in [-0.15, -0.1) is 0 Å². The maximum atomic E-state index is 11.9. The summed E-state index contributed by atoms with van der Waals surface area (Å²) in [6.45, 7) is 1.92. The highest BCUT2D eigenvalue weighted by Gasteiger charge is 2.16. The molecule has 1 aliphatic heterocycles. The average Bonchev–Trinajstić information content (AvgIpc) is 2.37. The molecule has 1 heterocycles. The first-order chi connectivity index (χ1) is 8.25. The summed E-state index contributed by atoms with van der Waals surface area (Å²) in [4.78, 5) is 13.8. The molecule has 0 saturated carbocycles. The van der Waals surface area contributed by atoms with Crippen LogP contribution in [-0.2, 0) is 4.79 Å². The largest absolute Gasteiger partial charge is 0.484 e. The summed E-state index contributed by atoms with van der Waals surface area (Å²) < 4.78 is 6.62. The van der Waals surface area contributed by atoms with Crippen molar-refractivity contribution in [2.45, 2.75) is 19.3 Å². The minimum Gasteiger partial charge on any atom is -0.484 e. The summed E-state index contributed by atoms with van der Waals surface area (Å²) in [5.41, 5.74) is 0. The molecule has 92 valence electrons. The number of carbonyl (C=O) groups is 1. The van der Waals surface area contributed by atoms with Crippen LogP contribution in [0.1, 0.15) is 19.3 Å². The van der Waals surface area contributed by atoms with E-state index < -0.39 is 0 Å². The van der Waals surface area contributed by atoms with Crippen LogP contribution in [0.15, 0.2) is 24.3 Å². The molecule has 0 N–H and O–H groups in total. The molecule has 0 aromatic heterocycles. The zero-order valence-corrected chi connectivity index (χ0v) is 11.9. The summed E-state index contributed by atoms with van der Waals surface area (Å²) in [6, 6.07) is 7.75. The van der Waals surface area contributed by atoms with Crippen molar-refractivity contribution in [3.8, 4) is 5.75 Å². The summed E-state index contributed by atoms with van der Waals surface area (Å²) >= 11 is 2.23. The molecule has 0 bridgehead atoms. The van der Waals surface area contributed by atoms with Gasteiger partial charge in [-0.2, -0.15) is 0 Å². The van der Waals surface area contributed by atoms with Gasteiger partial charge < -0.3 is 9.64 Å². The molecule has 1 fully saturated rings. The van der Waals surface area contributed by atoms with Crippen molar-refractivity contribution >= 4 is 28.5 Å². The second-order valence-corrected chi connectivity index (χ2v) is 5.43.